The summed E-state index contributed by atoms with van der Waals surface area (Å²) in [5.41, 5.74) is 2.22. The molecular formula is C13H12N2O. The van der Waals surface area contributed by atoms with Crippen LogP contribution in [0, 0.1) is 6.92 Å². The maximum absolute atomic E-state index is 5.21. The van der Waals surface area contributed by atoms with Crippen LogP contribution in [-0.2, 0) is 4.74 Å². The number of methoxy groups -OCH3 is 1. The fourth-order valence-electron chi connectivity index (χ4n) is 2.16. The maximum Gasteiger partial charge on any atom is 0.117 e. The molecule has 0 radical (unpaired) electrons. The van der Waals surface area contributed by atoms with Gasteiger partial charge < -0.3 is 4.74 Å². The van der Waals surface area contributed by atoms with E-state index in [1.54, 1.807) is 7.11 Å². The Morgan fingerprint density at radius 1 is 1.31 bits per heavy atom. The van der Waals surface area contributed by atoms with E-state index in [0.717, 1.165) is 16.8 Å². The molecule has 0 unspecified atom stereocenters. The van der Waals surface area contributed by atoms with Crippen LogP contribution in [0.25, 0.3) is 5.57 Å². The Hall–Kier alpha value is -1.90. The molecule has 0 amide bonds. The minimum Gasteiger partial charge on any atom is -0.497 e. The number of rotatable bonds is 1. The SMILES string of the molecule is COC1=C[C@H]2N=c3c(C)nccc3=C2C=C1. The van der Waals surface area contributed by atoms with E-state index in [9.17, 15) is 0 Å². The topological polar surface area (TPSA) is 34.5 Å². The number of aryl methyl sites for hydroxylation is 1. The molecule has 1 aliphatic carbocycles. The zero-order valence-corrected chi connectivity index (χ0v) is 9.27. The van der Waals surface area contributed by atoms with Crippen molar-refractivity contribution >= 4 is 5.57 Å². The van der Waals surface area contributed by atoms with Crippen LogP contribution >= 0.6 is 0 Å². The molecule has 1 aliphatic heterocycles. The smallest absolute Gasteiger partial charge is 0.117 e. The number of aromatic nitrogens is 1. The second-order valence-electron chi connectivity index (χ2n) is 3.93. The van der Waals surface area contributed by atoms with E-state index in [2.05, 4.69) is 16.1 Å². The molecule has 0 saturated heterocycles. The van der Waals surface area contributed by atoms with Crippen molar-refractivity contribution in [1.82, 2.24) is 4.98 Å². The van der Waals surface area contributed by atoms with Crippen LogP contribution < -0.4 is 10.6 Å². The lowest BCUT2D eigenvalue weighted by molar-refractivity contribution is 0.304. The van der Waals surface area contributed by atoms with Crippen molar-refractivity contribution in [2.75, 3.05) is 7.11 Å². The van der Waals surface area contributed by atoms with Crippen molar-refractivity contribution in [3.63, 3.8) is 0 Å². The second kappa shape index (κ2) is 3.30. The fraction of sp³-hybridized carbons (Fsp3) is 0.231. The number of hydrogen-bond donors (Lipinski definition) is 0. The van der Waals surface area contributed by atoms with Gasteiger partial charge in [0.2, 0.25) is 0 Å². The van der Waals surface area contributed by atoms with Gasteiger partial charge in [-0.2, -0.15) is 0 Å². The van der Waals surface area contributed by atoms with Crippen molar-refractivity contribution in [2.24, 2.45) is 4.99 Å². The largest absolute Gasteiger partial charge is 0.497 e. The van der Waals surface area contributed by atoms with Gasteiger partial charge in [0.25, 0.3) is 0 Å². The van der Waals surface area contributed by atoms with Gasteiger partial charge in [-0.25, -0.2) is 0 Å². The lowest BCUT2D eigenvalue weighted by atomic mass is 10.0. The van der Waals surface area contributed by atoms with Gasteiger partial charge in [0.15, 0.2) is 0 Å². The molecule has 3 heteroatoms. The molecule has 0 bridgehead atoms. The third-order valence-electron chi connectivity index (χ3n) is 2.99. The predicted octanol–water partition coefficient (Wildman–Crippen LogP) is 0.643. The minimum absolute atomic E-state index is 0.0952. The molecule has 16 heavy (non-hydrogen) atoms. The van der Waals surface area contributed by atoms with Gasteiger partial charge in [-0.1, -0.05) is 6.08 Å². The monoisotopic (exact) mass is 212 g/mol. The summed E-state index contributed by atoms with van der Waals surface area (Å²) in [6, 6.07) is 2.12. The zero-order valence-electron chi connectivity index (χ0n) is 9.27. The number of pyridine rings is 1. The van der Waals surface area contributed by atoms with Gasteiger partial charge in [0, 0.05) is 11.4 Å². The van der Waals surface area contributed by atoms with Gasteiger partial charge in [-0.3, -0.25) is 9.98 Å². The lowest BCUT2D eigenvalue weighted by Gasteiger charge is -2.12. The highest BCUT2D eigenvalue weighted by Gasteiger charge is 2.20. The number of fused-ring (bicyclic) bond motifs is 2. The highest BCUT2D eigenvalue weighted by atomic mass is 16.5. The van der Waals surface area contributed by atoms with Gasteiger partial charge >= 0.3 is 0 Å². The molecule has 80 valence electrons. The van der Waals surface area contributed by atoms with Crippen LogP contribution in [0.5, 0.6) is 0 Å². The Morgan fingerprint density at radius 2 is 2.19 bits per heavy atom. The van der Waals surface area contributed by atoms with E-state index in [0.29, 0.717) is 0 Å². The molecule has 1 atom stereocenters. The molecule has 2 aliphatic rings. The molecule has 1 aromatic heterocycles. The van der Waals surface area contributed by atoms with E-state index >= 15 is 0 Å². The van der Waals surface area contributed by atoms with Gasteiger partial charge in [0.1, 0.15) is 5.76 Å². The average molecular weight is 212 g/mol. The van der Waals surface area contributed by atoms with Crippen LogP contribution in [0.2, 0.25) is 0 Å². The van der Waals surface area contributed by atoms with Crippen LogP contribution in [0.1, 0.15) is 5.69 Å². The average Bonchev–Trinajstić information content (AvgIpc) is 2.68. The van der Waals surface area contributed by atoms with E-state index in [4.69, 9.17) is 4.74 Å². The molecule has 0 saturated carbocycles. The van der Waals surface area contributed by atoms with Crippen molar-refractivity contribution in [2.45, 2.75) is 13.0 Å². The van der Waals surface area contributed by atoms with E-state index in [-0.39, 0.29) is 6.04 Å². The Bertz CT molecular complexity index is 626. The predicted molar refractivity (Wildman–Crippen MR) is 61.2 cm³/mol. The quantitative estimate of drug-likeness (QED) is 0.684. The normalized spacial score (nSPS) is 21.0. The van der Waals surface area contributed by atoms with E-state index in [1.165, 1.54) is 10.8 Å². The summed E-state index contributed by atoms with van der Waals surface area (Å²) in [6.07, 6.45) is 7.93. The van der Waals surface area contributed by atoms with Gasteiger partial charge in [0.05, 0.1) is 24.2 Å². The zero-order chi connectivity index (χ0) is 11.1. The summed E-state index contributed by atoms with van der Waals surface area (Å²) in [4.78, 5) is 8.93. The first kappa shape index (κ1) is 9.33. The standard InChI is InChI=1S/C13H12N2O/c1-8-13-11(5-6-14-8)10-4-3-9(16-2)7-12(10)15-13/h3-7,12H,1-2H3/t12-/m1/s1. The molecule has 0 fully saturated rings. The number of allylic oxidation sites excluding steroid dienone is 1. The number of hydrogen-bond acceptors (Lipinski definition) is 3. The highest BCUT2D eigenvalue weighted by Crippen LogP contribution is 2.20. The number of nitrogens with zero attached hydrogens (tertiary/aromatic N) is 2. The summed E-state index contributed by atoms with van der Waals surface area (Å²) < 4.78 is 5.21. The summed E-state index contributed by atoms with van der Waals surface area (Å²) in [5, 5.41) is 2.21. The summed E-state index contributed by atoms with van der Waals surface area (Å²) in [7, 11) is 1.68. The molecule has 2 heterocycles. The minimum atomic E-state index is 0.0952. The first-order valence-electron chi connectivity index (χ1n) is 5.27. The molecular weight excluding hydrogens is 200 g/mol. The van der Waals surface area contributed by atoms with Crippen LogP contribution in [0.3, 0.4) is 0 Å². The summed E-state index contributed by atoms with van der Waals surface area (Å²) in [5.74, 6) is 0.871. The van der Waals surface area contributed by atoms with E-state index < -0.39 is 0 Å². The van der Waals surface area contributed by atoms with Gasteiger partial charge in [-0.15, -0.1) is 0 Å². The Balaban J connectivity index is 2.28. The van der Waals surface area contributed by atoms with Crippen molar-refractivity contribution in [3.05, 3.63) is 52.5 Å². The second-order valence-corrected chi connectivity index (χ2v) is 3.93. The van der Waals surface area contributed by atoms with Crippen molar-refractivity contribution in [1.29, 1.82) is 0 Å². The lowest BCUT2D eigenvalue weighted by Crippen LogP contribution is -2.26. The molecule has 0 aromatic carbocycles. The first-order chi connectivity index (χ1) is 7.79. The highest BCUT2D eigenvalue weighted by molar-refractivity contribution is 5.69. The maximum atomic E-state index is 5.21. The third kappa shape index (κ3) is 1.21. The first-order valence-corrected chi connectivity index (χ1v) is 5.27. The molecule has 3 rings (SSSR count). The molecule has 3 nitrogen and oxygen atoms in total. The van der Waals surface area contributed by atoms with Crippen LogP contribution in [0.15, 0.2) is 41.2 Å². The Kier molecular flexibility index (Phi) is 1.93. The summed E-state index contributed by atoms with van der Waals surface area (Å²) >= 11 is 0. The van der Waals surface area contributed by atoms with Gasteiger partial charge in [-0.05, 0) is 30.7 Å². The van der Waals surface area contributed by atoms with Crippen LogP contribution in [0.4, 0.5) is 0 Å². The van der Waals surface area contributed by atoms with Crippen molar-refractivity contribution < 1.29 is 4.74 Å². The molecule has 0 spiro atoms. The van der Waals surface area contributed by atoms with E-state index in [1.807, 2.05) is 31.3 Å². The van der Waals surface area contributed by atoms with Crippen LogP contribution in [-0.4, -0.2) is 18.1 Å². The third-order valence-corrected chi connectivity index (χ3v) is 2.99. The Labute approximate surface area is 93.5 Å². The summed E-state index contributed by atoms with van der Waals surface area (Å²) in [6.45, 7) is 1.99. The molecule has 1 aromatic rings. The molecule has 0 N–H and O–H groups in total. The van der Waals surface area contributed by atoms with Crippen molar-refractivity contribution in [3.8, 4) is 0 Å². The fourth-order valence-corrected chi connectivity index (χ4v) is 2.16. The Morgan fingerprint density at radius 3 is 3.00 bits per heavy atom. The number of ether oxygens (including phenoxy) is 1.